The lowest BCUT2D eigenvalue weighted by Crippen LogP contribution is -2.33. The summed E-state index contributed by atoms with van der Waals surface area (Å²) < 4.78 is 23.7. The second-order valence-electron chi connectivity index (χ2n) is 28.6. The molecule has 0 aliphatic carbocycles. The number of hydrogen-bond acceptors (Lipinski definition) is 8. The summed E-state index contributed by atoms with van der Waals surface area (Å²) in [4.78, 5) is 18.1. The minimum atomic E-state index is -0.0142. The summed E-state index contributed by atoms with van der Waals surface area (Å²) in [5, 5.41) is 0. The number of benzene rings is 10. The third-order valence-corrected chi connectivity index (χ3v) is 23.4. The zero-order chi connectivity index (χ0) is 71.9. The Hall–Kier alpha value is -10.4. The van der Waals surface area contributed by atoms with Crippen LogP contribution in [0.15, 0.2) is 216 Å². The number of thiazole rings is 4. The fourth-order valence-corrected chi connectivity index (χ4v) is 18.2. The van der Waals surface area contributed by atoms with E-state index in [2.05, 4.69) is 362 Å². The molecule has 18 rings (SSSR count). The summed E-state index contributed by atoms with van der Waals surface area (Å²) in [6, 6.07) is 69.7. The van der Waals surface area contributed by atoms with Crippen molar-refractivity contribution in [3.63, 3.8) is 0 Å². The number of aromatic nitrogens is 12. The zero-order valence-corrected chi connectivity index (χ0v) is 64.7. The van der Waals surface area contributed by atoms with Crippen LogP contribution in [-0.4, -0.2) is 38.2 Å². The molecule has 16 heteroatoms. The van der Waals surface area contributed by atoms with Crippen LogP contribution in [0.2, 0.25) is 0 Å². The Morgan fingerprint density at radius 1 is 0.350 bits per heavy atom. The van der Waals surface area contributed by atoms with Crippen molar-refractivity contribution in [3.05, 3.63) is 250 Å². The topological polar surface area (TPSA) is 86.8 Å². The van der Waals surface area contributed by atoms with Crippen molar-refractivity contribution in [2.75, 3.05) is 0 Å². The Morgan fingerprint density at radius 2 is 0.670 bits per heavy atom. The highest BCUT2D eigenvalue weighted by Gasteiger charge is 2.35. The Bertz CT molecular complexity index is 6190. The second-order valence-corrected chi connectivity index (χ2v) is 32.1. The van der Waals surface area contributed by atoms with Crippen molar-refractivity contribution in [1.82, 2.24) is 38.2 Å². The van der Waals surface area contributed by atoms with E-state index in [0.29, 0.717) is 11.8 Å². The lowest BCUT2D eigenvalue weighted by Gasteiger charge is -2.19. The van der Waals surface area contributed by atoms with Gasteiger partial charge in [-0.15, -0.1) is 45.3 Å². The minimum absolute atomic E-state index is 0.0142. The first-order valence-electron chi connectivity index (χ1n) is 35.1. The van der Waals surface area contributed by atoms with E-state index in [1.807, 2.05) is 22.0 Å². The van der Waals surface area contributed by atoms with Gasteiger partial charge >= 0.3 is 0 Å². The van der Waals surface area contributed by atoms with Crippen molar-refractivity contribution < 1.29 is 18.3 Å². The Kier molecular flexibility index (Phi) is 18.2. The molecule has 18 aromatic rings. The SMILES string of the molecule is Cc1cc2scnc2cc1-c1n(-c2c(C(C)C)cccc2C(C)C)c2ccccc2[n+]1C.Cc1cc2scnc2cc1-c1n(-c2ccccc2)c2ccccc2[n+]1C.Cc1cc2scnc2cc1-c1n(C(C)(C)C)c2ccccc2[n+]1C.Cc1cc2scnc2cc1-c1n(C)c2ccccc2[n+]1C. The number of nitrogens with zero attached hydrogens (tertiary/aromatic N) is 12. The van der Waals surface area contributed by atoms with Crippen molar-refractivity contribution >= 4 is 130 Å². The van der Waals surface area contributed by atoms with Crippen molar-refractivity contribution in [2.45, 2.75) is 93.5 Å². The van der Waals surface area contributed by atoms with Gasteiger partial charge in [-0.25, -0.2) is 47.3 Å². The molecular weight excluding hydrogens is 1340 g/mol. The number of para-hydroxylation sites is 10. The first-order chi connectivity index (χ1) is 49.7. The normalized spacial score (nSPS) is 11.9. The molecule has 103 heavy (non-hydrogen) atoms. The molecule has 0 bridgehead atoms. The average Bonchev–Trinajstić information content (AvgIpc) is 1.61. The van der Waals surface area contributed by atoms with Crippen LogP contribution in [-0.2, 0) is 40.8 Å². The molecule has 0 aliphatic heterocycles. The average molecular weight is 1430 g/mol. The van der Waals surface area contributed by atoms with Gasteiger partial charge in [0.05, 0.1) is 120 Å². The number of rotatable bonds is 8. The molecule has 0 saturated carbocycles. The largest absolute Gasteiger partial charge is 0.295 e. The van der Waals surface area contributed by atoms with Crippen LogP contribution in [0.3, 0.4) is 0 Å². The smallest absolute Gasteiger partial charge is 0.245 e. The highest BCUT2D eigenvalue weighted by atomic mass is 32.1. The number of hydrogen-bond donors (Lipinski definition) is 0. The third kappa shape index (κ3) is 12.2. The first-order valence-corrected chi connectivity index (χ1v) is 38.7. The Balaban J connectivity index is 0.000000112. The van der Waals surface area contributed by atoms with Gasteiger partial charge < -0.3 is 0 Å². The van der Waals surface area contributed by atoms with Gasteiger partial charge in [0.1, 0.15) is 16.9 Å². The molecule has 0 saturated heterocycles. The molecule has 0 unspecified atom stereocenters. The maximum absolute atomic E-state index is 4.62. The van der Waals surface area contributed by atoms with Crippen LogP contribution in [0.4, 0.5) is 0 Å². The highest BCUT2D eigenvalue weighted by molar-refractivity contribution is 7.17. The van der Waals surface area contributed by atoms with E-state index in [9.17, 15) is 0 Å². The van der Waals surface area contributed by atoms with Gasteiger partial charge in [-0.2, -0.15) is 9.13 Å². The third-order valence-electron chi connectivity index (χ3n) is 20.2. The summed E-state index contributed by atoms with van der Waals surface area (Å²) in [6.07, 6.45) is 0. The molecule has 514 valence electrons. The fraction of sp³-hybridized carbons (Fsp3) is 0.218. The van der Waals surface area contributed by atoms with E-state index < -0.39 is 0 Å². The number of fused-ring (bicyclic) bond motifs is 8. The van der Waals surface area contributed by atoms with Crippen LogP contribution in [0, 0.1) is 27.7 Å². The molecule has 0 N–H and O–H groups in total. The molecule has 0 spiro atoms. The van der Waals surface area contributed by atoms with Gasteiger partial charge in [-0.1, -0.05) is 113 Å². The van der Waals surface area contributed by atoms with Gasteiger partial charge in [0.15, 0.2) is 44.1 Å². The summed E-state index contributed by atoms with van der Waals surface area (Å²) in [6.45, 7) is 24.7. The van der Waals surface area contributed by atoms with E-state index in [-0.39, 0.29) is 5.54 Å². The van der Waals surface area contributed by atoms with Gasteiger partial charge in [-0.05, 0) is 192 Å². The van der Waals surface area contributed by atoms with E-state index >= 15 is 0 Å². The summed E-state index contributed by atoms with van der Waals surface area (Å²) in [5.41, 5.74) is 37.1. The molecule has 12 nitrogen and oxygen atoms in total. The molecule has 0 atom stereocenters. The lowest BCUT2D eigenvalue weighted by molar-refractivity contribution is -0.634. The predicted molar refractivity (Wildman–Crippen MR) is 433 cm³/mol. The van der Waals surface area contributed by atoms with Crippen LogP contribution in [0.5, 0.6) is 0 Å². The lowest BCUT2D eigenvalue weighted by atomic mass is 9.92. The van der Waals surface area contributed by atoms with Gasteiger partial charge in [0, 0.05) is 11.1 Å². The molecule has 0 aliphatic rings. The molecule has 10 aromatic carbocycles. The molecule has 8 heterocycles. The summed E-state index contributed by atoms with van der Waals surface area (Å²) in [7, 11) is 10.7. The van der Waals surface area contributed by atoms with Crippen molar-refractivity contribution in [3.8, 4) is 56.9 Å². The van der Waals surface area contributed by atoms with Crippen LogP contribution >= 0.6 is 45.3 Å². The van der Waals surface area contributed by atoms with E-state index in [4.69, 9.17) is 0 Å². The maximum atomic E-state index is 4.62. The monoisotopic (exact) mass is 1430 g/mol. The molecule has 0 radical (unpaired) electrons. The molecule has 0 fully saturated rings. The molecule has 8 aromatic heterocycles. The zero-order valence-electron chi connectivity index (χ0n) is 61.4. The quantitative estimate of drug-likeness (QED) is 0.142. The first kappa shape index (κ1) is 68.4. The van der Waals surface area contributed by atoms with Crippen LogP contribution in [0.25, 0.3) is 142 Å². The molecular formula is C87H86N12S4+4. The van der Waals surface area contributed by atoms with Crippen LogP contribution in [0.1, 0.15) is 93.7 Å². The Morgan fingerprint density at radius 3 is 1.08 bits per heavy atom. The van der Waals surface area contributed by atoms with Gasteiger partial charge in [0.25, 0.3) is 23.3 Å². The predicted octanol–water partition coefficient (Wildman–Crippen LogP) is 20.7. The highest BCUT2D eigenvalue weighted by Crippen LogP contribution is 2.41. The van der Waals surface area contributed by atoms with E-state index in [1.165, 1.54) is 148 Å². The number of aryl methyl sites for hydroxylation is 9. The summed E-state index contributed by atoms with van der Waals surface area (Å²) >= 11 is 6.79. The van der Waals surface area contributed by atoms with Gasteiger partial charge in [-0.3, -0.25) is 0 Å². The standard InChI is InChI=1S/C28H30N3S.C22H18N3S.C20H22N3S.C17H16N3S/c1-17(2)20-10-9-11-21(18(3)4)27(20)31-25-13-8-7-12-24(25)30(6)28(31)22-15-23-26(14-19(22)5)32-16-29-23;1-15-12-21-18(23-14-26-21)13-17(15)22-24(2)19-10-6-7-11-20(19)25(22)16-8-4-3-5-9-16;1-13-10-18-15(21-12-24-18)11-14(13)19-22(5)16-8-6-7-9-17(16)23(19)20(2,3)4;1-11-8-16-13(18-10-21-16)9-12(11)17-19(2)14-6-4-5-7-15(14)20(17)3/h7-18H,1-6H3;3-14H,1-2H3;6-12H,1-5H3;4-10H,1-3H3/q4*+1. The number of imidazole rings is 4. The molecule has 0 amide bonds. The second kappa shape index (κ2) is 27.4. The van der Waals surface area contributed by atoms with Crippen LogP contribution < -0.4 is 18.3 Å². The fourth-order valence-electron chi connectivity index (χ4n) is 15.2. The van der Waals surface area contributed by atoms with Crippen molar-refractivity contribution in [2.24, 2.45) is 35.2 Å². The minimum Gasteiger partial charge on any atom is -0.245 e. The van der Waals surface area contributed by atoms with Gasteiger partial charge in [0.2, 0.25) is 0 Å². The maximum Gasteiger partial charge on any atom is 0.295 e. The van der Waals surface area contributed by atoms with Crippen molar-refractivity contribution in [1.29, 1.82) is 0 Å². The van der Waals surface area contributed by atoms with E-state index in [0.717, 1.165) is 27.8 Å². The van der Waals surface area contributed by atoms with E-state index in [1.54, 1.807) is 45.3 Å². The summed E-state index contributed by atoms with van der Waals surface area (Å²) in [5.74, 6) is 5.66. The Labute approximate surface area is 617 Å².